The third kappa shape index (κ3) is 4.06. The molecule has 1 aromatic carbocycles. The molecule has 2 rings (SSSR count). The van der Waals surface area contributed by atoms with Crippen LogP contribution in [0.4, 0.5) is 0 Å². The van der Waals surface area contributed by atoms with Gasteiger partial charge in [0.2, 0.25) is 5.89 Å². The van der Waals surface area contributed by atoms with E-state index in [0.29, 0.717) is 35.7 Å². The fourth-order valence-corrected chi connectivity index (χ4v) is 2.48. The summed E-state index contributed by atoms with van der Waals surface area (Å²) in [6, 6.07) is 5.09. The van der Waals surface area contributed by atoms with Gasteiger partial charge in [-0.25, -0.2) is 4.98 Å². The summed E-state index contributed by atoms with van der Waals surface area (Å²) in [7, 11) is 0. The Bertz CT molecular complexity index is 672. The number of aromatic nitrogens is 1. The number of ketones is 1. The van der Waals surface area contributed by atoms with Gasteiger partial charge in [-0.3, -0.25) is 9.59 Å². The van der Waals surface area contributed by atoms with Gasteiger partial charge in [-0.05, 0) is 38.0 Å². The molecule has 0 fully saturated rings. The minimum absolute atomic E-state index is 0.0652. The van der Waals surface area contributed by atoms with E-state index in [2.05, 4.69) is 4.98 Å². The molecule has 0 aliphatic heterocycles. The number of hydrogen-bond acceptors (Lipinski definition) is 4. The van der Waals surface area contributed by atoms with E-state index in [1.165, 1.54) is 19.4 Å². The van der Waals surface area contributed by atoms with Crippen LogP contribution in [-0.2, 0) is 0 Å². The predicted molar refractivity (Wildman–Crippen MR) is 88.4 cm³/mol. The normalized spacial score (nSPS) is 10.6. The first kappa shape index (κ1) is 16.9. The Morgan fingerprint density at radius 2 is 1.74 bits per heavy atom. The van der Waals surface area contributed by atoms with Crippen LogP contribution in [0.3, 0.4) is 0 Å². The second-order valence-electron chi connectivity index (χ2n) is 5.48. The Balaban J connectivity index is 2.44. The number of carbonyl (C=O) groups excluding carboxylic acids is 2. The molecule has 23 heavy (non-hydrogen) atoms. The number of nitrogens with zero attached hydrogens (tertiary/aromatic N) is 2. The van der Waals surface area contributed by atoms with E-state index >= 15 is 0 Å². The molecule has 1 heterocycles. The van der Waals surface area contributed by atoms with Crippen LogP contribution in [0.2, 0.25) is 0 Å². The molecule has 0 bridgehead atoms. The first-order chi connectivity index (χ1) is 11.1. The minimum Gasteiger partial charge on any atom is -0.445 e. The Morgan fingerprint density at radius 3 is 2.26 bits per heavy atom. The van der Waals surface area contributed by atoms with Crippen molar-refractivity contribution in [2.24, 2.45) is 0 Å². The highest BCUT2D eigenvalue weighted by Gasteiger charge is 2.18. The van der Waals surface area contributed by atoms with Gasteiger partial charge in [0.15, 0.2) is 5.78 Å². The molecule has 5 nitrogen and oxygen atoms in total. The molecule has 5 heteroatoms. The molecule has 0 atom stereocenters. The highest BCUT2D eigenvalue weighted by molar-refractivity contribution is 6.01. The molecule has 1 aromatic heterocycles. The van der Waals surface area contributed by atoms with Crippen molar-refractivity contribution >= 4 is 11.7 Å². The van der Waals surface area contributed by atoms with Crippen molar-refractivity contribution in [2.45, 2.75) is 33.6 Å². The third-order valence-electron chi connectivity index (χ3n) is 3.54. The zero-order chi connectivity index (χ0) is 16.8. The first-order valence-electron chi connectivity index (χ1n) is 7.92. The van der Waals surface area contributed by atoms with E-state index in [1.807, 2.05) is 18.7 Å². The van der Waals surface area contributed by atoms with Gasteiger partial charge in [0.05, 0.1) is 6.20 Å². The molecule has 0 spiro atoms. The summed E-state index contributed by atoms with van der Waals surface area (Å²) >= 11 is 0. The maximum absolute atomic E-state index is 12.8. The van der Waals surface area contributed by atoms with Crippen molar-refractivity contribution in [1.82, 2.24) is 9.88 Å². The van der Waals surface area contributed by atoms with Crippen LogP contribution in [0.15, 0.2) is 35.1 Å². The van der Waals surface area contributed by atoms with E-state index in [1.54, 1.807) is 18.2 Å². The summed E-state index contributed by atoms with van der Waals surface area (Å²) in [6.07, 6.45) is 4.80. The van der Waals surface area contributed by atoms with E-state index in [-0.39, 0.29) is 11.7 Å². The summed E-state index contributed by atoms with van der Waals surface area (Å²) in [5, 5.41) is 0. The molecular weight excluding hydrogens is 292 g/mol. The van der Waals surface area contributed by atoms with Crippen molar-refractivity contribution in [3.8, 4) is 11.5 Å². The van der Waals surface area contributed by atoms with Crippen LogP contribution in [0, 0.1) is 0 Å². The van der Waals surface area contributed by atoms with Gasteiger partial charge in [-0.2, -0.15) is 0 Å². The number of hydrogen-bond donors (Lipinski definition) is 0. The summed E-state index contributed by atoms with van der Waals surface area (Å²) in [5.74, 6) is 0.245. The highest BCUT2D eigenvalue weighted by atomic mass is 16.3. The molecule has 0 aliphatic rings. The van der Waals surface area contributed by atoms with Gasteiger partial charge in [0.25, 0.3) is 5.91 Å². The van der Waals surface area contributed by atoms with Gasteiger partial charge in [-0.15, -0.1) is 0 Å². The molecule has 2 aromatic rings. The second kappa shape index (κ2) is 7.72. The number of Topliss-reactive ketones (excluding diaryl/α,β-unsaturated/α-hetero) is 1. The van der Waals surface area contributed by atoms with Crippen molar-refractivity contribution in [1.29, 1.82) is 0 Å². The zero-order valence-corrected chi connectivity index (χ0v) is 13.8. The van der Waals surface area contributed by atoms with E-state index in [4.69, 9.17) is 4.42 Å². The van der Waals surface area contributed by atoms with Gasteiger partial charge in [0.1, 0.15) is 6.26 Å². The maximum atomic E-state index is 12.8. The van der Waals surface area contributed by atoms with Crippen molar-refractivity contribution in [3.63, 3.8) is 0 Å². The minimum atomic E-state index is -0.0926. The van der Waals surface area contributed by atoms with E-state index in [9.17, 15) is 9.59 Å². The van der Waals surface area contributed by atoms with Crippen LogP contribution in [0.5, 0.6) is 0 Å². The molecule has 1 amide bonds. The van der Waals surface area contributed by atoms with Gasteiger partial charge in [0, 0.05) is 29.8 Å². The molecule has 0 unspecified atom stereocenters. The third-order valence-corrected chi connectivity index (χ3v) is 3.54. The summed E-state index contributed by atoms with van der Waals surface area (Å²) < 4.78 is 5.30. The van der Waals surface area contributed by atoms with Crippen molar-refractivity contribution in [2.75, 3.05) is 13.1 Å². The summed E-state index contributed by atoms with van der Waals surface area (Å²) in [4.78, 5) is 30.5. The standard InChI is InChI=1S/C18H22N2O3/c1-4-7-20(8-5-2)18(22)16-11-14(13(3)21)10-15(12-16)17-19-6-9-23-17/h6,9-12H,4-5,7-8H2,1-3H3. The van der Waals surface area contributed by atoms with Crippen molar-refractivity contribution in [3.05, 3.63) is 41.8 Å². The van der Waals surface area contributed by atoms with Crippen molar-refractivity contribution < 1.29 is 14.0 Å². The fraction of sp³-hybridized carbons (Fsp3) is 0.389. The number of benzene rings is 1. The van der Waals surface area contributed by atoms with Crippen LogP contribution >= 0.6 is 0 Å². The second-order valence-corrected chi connectivity index (χ2v) is 5.48. The molecule has 0 saturated heterocycles. The molecular formula is C18H22N2O3. The topological polar surface area (TPSA) is 63.4 Å². The molecule has 0 N–H and O–H groups in total. The fourth-order valence-electron chi connectivity index (χ4n) is 2.48. The van der Waals surface area contributed by atoms with Gasteiger partial charge in [-0.1, -0.05) is 13.8 Å². The number of amides is 1. The SMILES string of the molecule is CCCN(CCC)C(=O)c1cc(C(C)=O)cc(-c2ncco2)c1. The largest absolute Gasteiger partial charge is 0.445 e. The maximum Gasteiger partial charge on any atom is 0.253 e. The van der Waals surface area contributed by atoms with Crippen LogP contribution < -0.4 is 0 Å². The molecule has 0 radical (unpaired) electrons. The highest BCUT2D eigenvalue weighted by Crippen LogP contribution is 2.22. The molecule has 0 aliphatic carbocycles. The molecule has 0 saturated carbocycles. The first-order valence-corrected chi connectivity index (χ1v) is 7.92. The quantitative estimate of drug-likeness (QED) is 0.729. The van der Waals surface area contributed by atoms with E-state index < -0.39 is 0 Å². The van der Waals surface area contributed by atoms with Crippen LogP contribution in [0.25, 0.3) is 11.5 Å². The number of oxazole rings is 1. The number of rotatable bonds is 7. The lowest BCUT2D eigenvalue weighted by molar-refractivity contribution is 0.0755. The lowest BCUT2D eigenvalue weighted by Crippen LogP contribution is -2.32. The van der Waals surface area contributed by atoms with Crippen LogP contribution in [-0.4, -0.2) is 34.7 Å². The average Bonchev–Trinajstić information content (AvgIpc) is 3.08. The smallest absolute Gasteiger partial charge is 0.253 e. The summed E-state index contributed by atoms with van der Waals surface area (Å²) in [5.41, 5.74) is 1.61. The predicted octanol–water partition coefficient (Wildman–Crippen LogP) is 3.81. The van der Waals surface area contributed by atoms with Crippen LogP contribution in [0.1, 0.15) is 54.3 Å². The summed E-state index contributed by atoms with van der Waals surface area (Å²) in [6.45, 7) is 6.97. The average molecular weight is 314 g/mol. The lowest BCUT2D eigenvalue weighted by Gasteiger charge is -2.22. The van der Waals surface area contributed by atoms with Gasteiger partial charge >= 0.3 is 0 Å². The Kier molecular flexibility index (Phi) is 5.68. The number of carbonyl (C=O) groups is 2. The Hall–Kier alpha value is -2.43. The van der Waals surface area contributed by atoms with Gasteiger partial charge < -0.3 is 9.32 Å². The van der Waals surface area contributed by atoms with E-state index in [0.717, 1.165) is 12.8 Å². The lowest BCUT2D eigenvalue weighted by atomic mass is 10.0. The Morgan fingerprint density at radius 1 is 1.09 bits per heavy atom. The zero-order valence-electron chi connectivity index (χ0n) is 13.8. The monoisotopic (exact) mass is 314 g/mol. The Labute approximate surface area is 136 Å². The molecule has 122 valence electrons.